The lowest BCUT2D eigenvalue weighted by Crippen LogP contribution is -2.10. The van der Waals surface area contributed by atoms with E-state index < -0.39 is 5.82 Å². The van der Waals surface area contributed by atoms with Crippen LogP contribution in [-0.4, -0.2) is 11.0 Å². The zero-order valence-electron chi connectivity index (χ0n) is 11.0. The summed E-state index contributed by atoms with van der Waals surface area (Å²) in [6.07, 6.45) is 0. The molecule has 20 heavy (non-hydrogen) atoms. The molecular formula is C15H15FN2O2. The van der Waals surface area contributed by atoms with Crippen molar-refractivity contribution in [1.29, 1.82) is 0 Å². The SMILES string of the molecule is CC(=O)Nc1ccccc1CNc1ccc(O)c(F)c1. The number of carbonyl (C=O) groups excluding carboxylic acids is 1. The van der Waals surface area contributed by atoms with Gasteiger partial charge in [-0.1, -0.05) is 18.2 Å². The fourth-order valence-electron chi connectivity index (χ4n) is 1.80. The number of phenols is 1. The predicted molar refractivity (Wildman–Crippen MR) is 76.1 cm³/mol. The van der Waals surface area contributed by atoms with Gasteiger partial charge in [-0.2, -0.15) is 0 Å². The molecule has 0 heterocycles. The van der Waals surface area contributed by atoms with Gasteiger partial charge in [-0.05, 0) is 23.8 Å². The van der Waals surface area contributed by atoms with Gasteiger partial charge in [-0.3, -0.25) is 4.79 Å². The van der Waals surface area contributed by atoms with E-state index in [0.717, 1.165) is 5.56 Å². The molecule has 0 unspecified atom stereocenters. The van der Waals surface area contributed by atoms with E-state index in [4.69, 9.17) is 5.11 Å². The minimum Gasteiger partial charge on any atom is -0.505 e. The standard InChI is InChI=1S/C15H15FN2O2/c1-10(19)18-14-5-3-2-4-11(14)9-17-12-6-7-15(20)13(16)8-12/h2-8,17,20H,9H2,1H3,(H,18,19). The van der Waals surface area contributed by atoms with Crippen molar-refractivity contribution in [1.82, 2.24) is 0 Å². The first-order chi connectivity index (χ1) is 9.56. The number of hydrogen-bond acceptors (Lipinski definition) is 3. The van der Waals surface area contributed by atoms with E-state index in [2.05, 4.69) is 10.6 Å². The van der Waals surface area contributed by atoms with E-state index in [0.29, 0.717) is 17.9 Å². The lowest BCUT2D eigenvalue weighted by molar-refractivity contribution is -0.114. The van der Waals surface area contributed by atoms with Gasteiger partial charge in [0.1, 0.15) is 0 Å². The molecule has 2 aromatic carbocycles. The van der Waals surface area contributed by atoms with Crippen LogP contribution >= 0.6 is 0 Å². The van der Waals surface area contributed by atoms with Crippen molar-refractivity contribution in [2.75, 3.05) is 10.6 Å². The van der Waals surface area contributed by atoms with Crippen LogP contribution in [0.3, 0.4) is 0 Å². The summed E-state index contributed by atoms with van der Waals surface area (Å²) < 4.78 is 13.2. The van der Waals surface area contributed by atoms with Crippen molar-refractivity contribution in [3.8, 4) is 5.75 Å². The molecule has 0 saturated heterocycles. The number of rotatable bonds is 4. The first-order valence-electron chi connectivity index (χ1n) is 6.14. The maximum absolute atomic E-state index is 13.2. The molecule has 0 aromatic heterocycles. The highest BCUT2D eigenvalue weighted by Crippen LogP contribution is 2.21. The molecule has 3 N–H and O–H groups in total. The van der Waals surface area contributed by atoms with Gasteiger partial charge in [0.05, 0.1) is 0 Å². The molecule has 4 nitrogen and oxygen atoms in total. The molecule has 0 aliphatic carbocycles. The Morgan fingerprint density at radius 3 is 2.70 bits per heavy atom. The molecule has 0 radical (unpaired) electrons. The van der Waals surface area contributed by atoms with Gasteiger partial charge in [0.2, 0.25) is 5.91 Å². The Morgan fingerprint density at radius 1 is 1.25 bits per heavy atom. The smallest absolute Gasteiger partial charge is 0.221 e. The predicted octanol–water partition coefficient (Wildman–Crippen LogP) is 3.10. The highest BCUT2D eigenvalue weighted by Gasteiger charge is 2.05. The maximum atomic E-state index is 13.2. The maximum Gasteiger partial charge on any atom is 0.221 e. The average Bonchev–Trinajstić information content (AvgIpc) is 2.41. The quantitative estimate of drug-likeness (QED) is 0.751. The largest absolute Gasteiger partial charge is 0.505 e. The van der Waals surface area contributed by atoms with Crippen LogP contribution in [-0.2, 0) is 11.3 Å². The van der Waals surface area contributed by atoms with Crippen molar-refractivity contribution < 1.29 is 14.3 Å². The topological polar surface area (TPSA) is 61.4 Å². The summed E-state index contributed by atoms with van der Waals surface area (Å²) in [6, 6.07) is 11.5. The highest BCUT2D eigenvalue weighted by molar-refractivity contribution is 5.89. The Morgan fingerprint density at radius 2 is 2.00 bits per heavy atom. The molecular weight excluding hydrogens is 259 g/mol. The Balaban J connectivity index is 2.10. The molecule has 104 valence electrons. The summed E-state index contributed by atoms with van der Waals surface area (Å²) in [7, 11) is 0. The van der Waals surface area contributed by atoms with Crippen LogP contribution in [0.25, 0.3) is 0 Å². The van der Waals surface area contributed by atoms with Crippen LogP contribution in [0.5, 0.6) is 5.75 Å². The number of aromatic hydroxyl groups is 1. The molecule has 2 aromatic rings. The van der Waals surface area contributed by atoms with Gasteiger partial charge >= 0.3 is 0 Å². The highest BCUT2D eigenvalue weighted by atomic mass is 19.1. The van der Waals surface area contributed by atoms with E-state index in [1.165, 1.54) is 19.1 Å². The van der Waals surface area contributed by atoms with Crippen LogP contribution in [0.4, 0.5) is 15.8 Å². The number of hydrogen-bond donors (Lipinski definition) is 3. The molecule has 0 bridgehead atoms. The van der Waals surface area contributed by atoms with Gasteiger partial charge in [0.15, 0.2) is 11.6 Å². The second kappa shape index (κ2) is 6.06. The molecule has 5 heteroatoms. The number of anilines is 2. The van der Waals surface area contributed by atoms with Crippen molar-refractivity contribution in [2.24, 2.45) is 0 Å². The van der Waals surface area contributed by atoms with Gasteiger partial charge in [0, 0.05) is 30.9 Å². The normalized spacial score (nSPS) is 10.1. The van der Waals surface area contributed by atoms with E-state index in [9.17, 15) is 9.18 Å². The Bertz CT molecular complexity index is 629. The molecule has 1 amide bonds. The van der Waals surface area contributed by atoms with E-state index >= 15 is 0 Å². The fraction of sp³-hybridized carbons (Fsp3) is 0.133. The van der Waals surface area contributed by atoms with Crippen LogP contribution in [0.15, 0.2) is 42.5 Å². The van der Waals surface area contributed by atoms with Crippen LogP contribution in [0.2, 0.25) is 0 Å². The minimum atomic E-state index is -0.676. The summed E-state index contributed by atoms with van der Waals surface area (Å²) >= 11 is 0. The number of phenolic OH excluding ortho intramolecular Hbond substituents is 1. The number of amides is 1. The van der Waals surface area contributed by atoms with Crippen molar-refractivity contribution in [3.05, 3.63) is 53.8 Å². The molecule has 0 aliphatic rings. The second-order valence-electron chi connectivity index (χ2n) is 4.36. The molecule has 0 aliphatic heterocycles. The molecule has 0 atom stereocenters. The Kier molecular flexibility index (Phi) is 4.20. The molecule has 2 rings (SSSR count). The number of nitrogens with one attached hydrogen (secondary N) is 2. The lowest BCUT2D eigenvalue weighted by Gasteiger charge is -2.12. The average molecular weight is 274 g/mol. The zero-order valence-corrected chi connectivity index (χ0v) is 11.0. The van der Waals surface area contributed by atoms with Gasteiger partial charge in [0.25, 0.3) is 0 Å². The Hall–Kier alpha value is -2.56. The van der Waals surface area contributed by atoms with E-state index in [1.54, 1.807) is 12.1 Å². The van der Waals surface area contributed by atoms with E-state index in [1.807, 2.05) is 18.2 Å². The molecule has 0 saturated carbocycles. The number of carbonyl (C=O) groups is 1. The Labute approximate surface area is 116 Å². The van der Waals surface area contributed by atoms with Crippen LogP contribution in [0, 0.1) is 5.82 Å². The summed E-state index contributed by atoms with van der Waals surface area (Å²) in [4.78, 5) is 11.1. The third-order valence-electron chi connectivity index (χ3n) is 2.76. The summed E-state index contributed by atoms with van der Waals surface area (Å²) in [5.41, 5.74) is 2.15. The third kappa shape index (κ3) is 3.47. The van der Waals surface area contributed by atoms with E-state index in [-0.39, 0.29) is 11.7 Å². The third-order valence-corrected chi connectivity index (χ3v) is 2.76. The molecule has 0 fully saturated rings. The zero-order chi connectivity index (χ0) is 14.5. The van der Waals surface area contributed by atoms with Gasteiger partial charge in [-0.15, -0.1) is 0 Å². The summed E-state index contributed by atoms with van der Waals surface area (Å²) in [6.45, 7) is 1.88. The van der Waals surface area contributed by atoms with Gasteiger partial charge < -0.3 is 15.7 Å². The van der Waals surface area contributed by atoms with Gasteiger partial charge in [-0.25, -0.2) is 4.39 Å². The van der Waals surface area contributed by atoms with Crippen molar-refractivity contribution in [3.63, 3.8) is 0 Å². The van der Waals surface area contributed by atoms with Crippen LogP contribution < -0.4 is 10.6 Å². The fourth-order valence-corrected chi connectivity index (χ4v) is 1.80. The lowest BCUT2D eigenvalue weighted by atomic mass is 10.1. The van der Waals surface area contributed by atoms with Crippen molar-refractivity contribution in [2.45, 2.75) is 13.5 Å². The molecule has 0 spiro atoms. The first kappa shape index (κ1) is 13.9. The first-order valence-corrected chi connectivity index (χ1v) is 6.14. The summed E-state index contributed by atoms with van der Waals surface area (Å²) in [5, 5.41) is 14.9. The number of para-hydroxylation sites is 1. The minimum absolute atomic E-state index is 0.145. The van der Waals surface area contributed by atoms with Crippen molar-refractivity contribution >= 4 is 17.3 Å². The van der Waals surface area contributed by atoms with Crippen LogP contribution in [0.1, 0.15) is 12.5 Å². The second-order valence-corrected chi connectivity index (χ2v) is 4.36. The number of halogens is 1. The monoisotopic (exact) mass is 274 g/mol. The summed E-state index contributed by atoms with van der Waals surface area (Å²) in [5.74, 6) is -1.20. The number of benzene rings is 2.